The number of ether oxygens (including phenoxy) is 2. The summed E-state index contributed by atoms with van der Waals surface area (Å²) in [6, 6.07) is 13.0. The Kier molecular flexibility index (Phi) is 5.13. The van der Waals surface area contributed by atoms with Crippen molar-refractivity contribution in [3.63, 3.8) is 0 Å². The molecule has 0 aliphatic carbocycles. The number of hydrogen-bond donors (Lipinski definition) is 1. The zero-order chi connectivity index (χ0) is 14.4. The molecule has 0 unspecified atom stereocenters. The molecule has 0 amide bonds. The largest absolute Gasteiger partial charge is 0.493 e. The second-order valence-corrected chi connectivity index (χ2v) is 4.87. The lowest BCUT2D eigenvalue weighted by Crippen LogP contribution is -1.99. The summed E-state index contributed by atoms with van der Waals surface area (Å²) in [6.45, 7) is 3.12. The van der Waals surface area contributed by atoms with Crippen molar-refractivity contribution in [2.75, 3.05) is 12.3 Å². The van der Waals surface area contributed by atoms with Crippen LogP contribution in [0.1, 0.15) is 18.9 Å². The number of benzene rings is 2. The van der Waals surface area contributed by atoms with Crippen molar-refractivity contribution in [2.24, 2.45) is 0 Å². The zero-order valence-corrected chi connectivity index (χ0v) is 12.2. The second kappa shape index (κ2) is 7.06. The Hall–Kier alpha value is -1.87. The van der Waals surface area contributed by atoms with Crippen LogP contribution in [0.5, 0.6) is 11.5 Å². The summed E-state index contributed by atoms with van der Waals surface area (Å²) in [5, 5.41) is 0.693. The van der Waals surface area contributed by atoms with Gasteiger partial charge in [-0.25, -0.2) is 0 Å². The molecule has 0 aromatic heterocycles. The van der Waals surface area contributed by atoms with E-state index in [1.165, 1.54) is 0 Å². The van der Waals surface area contributed by atoms with Gasteiger partial charge in [0.15, 0.2) is 0 Å². The lowest BCUT2D eigenvalue weighted by atomic mass is 10.2. The van der Waals surface area contributed by atoms with E-state index in [0.29, 0.717) is 29.7 Å². The van der Waals surface area contributed by atoms with Crippen LogP contribution in [0, 0.1) is 0 Å². The SMILES string of the molecule is CCCOc1cc(N)cc(OCc2ccccc2Cl)c1. The molecule has 0 aliphatic rings. The standard InChI is InChI=1S/C16H18ClNO2/c1-2-7-19-14-8-13(18)9-15(10-14)20-11-12-5-3-4-6-16(12)17/h3-6,8-10H,2,7,11,18H2,1H3. The van der Waals surface area contributed by atoms with E-state index in [-0.39, 0.29) is 0 Å². The lowest BCUT2D eigenvalue weighted by Gasteiger charge is -2.11. The Morgan fingerprint density at radius 2 is 1.75 bits per heavy atom. The van der Waals surface area contributed by atoms with E-state index < -0.39 is 0 Å². The van der Waals surface area contributed by atoms with Crippen molar-refractivity contribution >= 4 is 17.3 Å². The number of hydrogen-bond acceptors (Lipinski definition) is 3. The Morgan fingerprint density at radius 3 is 2.45 bits per heavy atom. The summed E-state index contributed by atoms with van der Waals surface area (Å²) in [7, 11) is 0. The van der Waals surface area contributed by atoms with E-state index in [1.807, 2.05) is 30.3 Å². The summed E-state index contributed by atoms with van der Waals surface area (Å²) < 4.78 is 11.3. The molecule has 0 saturated heterocycles. The van der Waals surface area contributed by atoms with Crippen LogP contribution in [0.4, 0.5) is 5.69 Å². The minimum Gasteiger partial charge on any atom is -0.493 e. The van der Waals surface area contributed by atoms with Crippen LogP contribution in [0.15, 0.2) is 42.5 Å². The van der Waals surface area contributed by atoms with Gasteiger partial charge in [-0.2, -0.15) is 0 Å². The highest BCUT2D eigenvalue weighted by Crippen LogP contribution is 2.26. The Labute approximate surface area is 124 Å². The van der Waals surface area contributed by atoms with Gasteiger partial charge in [-0.3, -0.25) is 0 Å². The van der Waals surface area contributed by atoms with Crippen molar-refractivity contribution in [1.82, 2.24) is 0 Å². The van der Waals surface area contributed by atoms with Crippen molar-refractivity contribution in [1.29, 1.82) is 0 Å². The molecule has 0 saturated carbocycles. The van der Waals surface area contributed by atoms with Gasteiger partial charge < -0.3 is 15.2 Å². The van der Waals surface area contributed by atoms with Gasteiger partial charge in [-0.15, -0.1) is 0 Å². The van der Waals surface area contributed by atoms with Crippen molar-refractivity contribution in [3.05, 3.63) is 53.1 Å². The summed E-state index contributed by atoms with van der Waals surface area (Å²) in [6.07, 6.45) is 0.949. The molecule has 2 rings (SSSR count). The first-order valence-corrected chi connectivity index (χ1v) is 6.96. The van der Waals surface area contributed by atoms with Crippen molar-refractivity contribution in [3.8, 4) is 11.5 Å². The maximum Gasteiger partial charge on any atom is 0.125 e. The van der Waals surface area contributed by atoms with Gasteiger partial charge in [0.2, 0.25) is 0 Å². The van der Waals surface area contributed by atoms with Gasteiger partial charge in [-0.1, -0.05) is 36.7 Å². The summed E-state index contributed by atoms with van der Waals surface area (Å²) in [5.74, 6) is 1.40. The molecule has 4 heteroatoms. The molecule has 0 spiro atoms. The summed E-state index contributed by atoms with van der Waals surface area (Å²) in [4.78, 5) is 0. The monoisotopic (exact) mass is 291 g/mol. The first-order valence-electron chi connectivity index (χ1n) is 6.58. The summed E-state index contributed by atoms with van der Waals surface area (Å²) >= 11 is 6.09. The third-order valence-corrected chi connectivity index (χ3v) is 3.10. The average Bonchev–Trinajstić information content (AvgIpc) is 2.44. The van der Waals surface area contributed by atoms with Crippen LogP contribution in [-0.2, 0) is 6.61 Å². The highest BCUT2D eigenvalue weighted by Gasteiger charge is 2.04. The molecular weight excluding hydrogens is 274 g/mol. The van der Waals surface area contributed by atoms with Crippen LogP contribution >= 0.6 is 11.6 Å². The summed E-state index contributed by atoms with van der Waals surface area (Å²) in [5.41, 5.74) is 7.40. The molecule has 3 nitrogen and oxygen atoms in total. The van der Waals surface area contributed by atoms with Crippen molar-refractivity contribution < 1.29 is 9.47 Å². The maximum atomic E-state index is 6.09. The molecular formula is C16H18ClNO2. The third kappa shape index (κ3) is 4.07. The molecule has 0 radical (unpaired) electrons. The third-order valence-electron chi connectivity index (χ3n) is 2.73. The minimum atomic E-state index is 0.399. The molecule has 2 aromatic rings. The van der Waals surface area contributed by atoms with Crippen LogP contribution < -0.4 is 15.2 Å². The molecule has 0 heterocycles. The second-order valence-electron chi connectivity index (χ2n) is 4.47. The van der Waals surface area contributed by atoms with Crippen molar-refractivity contribution in [2.45, 2.75) is 20.0 Å². The molecule has 2 N–H and O–H groups in total. The Morgan fingerprint density at radius 1 is 1.05 bits per heavy atom. The zero-order valence-electron chi connectivity index (χ0n) is 11.4. The predicted molar refractivity (Wildman–Crippen MR) is 82.4 cm³/mol. The molecule has 0 aliphatic heterocycles. The van der Waals surface area contributed by atoms with Gasteiger partial charge >= 0.3 is 0 Å². The van der Waals surface area contributed by atoms with Gasteiger partial charge in [-0.05, 0) is 12.5 Å². The fraction of sp³-hybridized carbons (Fsp3) is 0.250. The smallest absolute Gasteiger partial charge is 0.125 e. The molecule has 0 bridgehead atoms. The van der Waals surface area contributed by atoms with E-state index in [0.717, 1.165) is 17.7 Å². The predicted octanol–water partition coefficient (Wildman–Crippen LogP) is 4.29. The molecule has 0 atom stereocenters. The van der Waals surface area contributed by atoms with E-state index in [1.54, 1.807) is 12.1 Å². The number of anilines is 1. The number of rotatable bonds is 6. The van der Waals surface area contributed by atoms with E-state index in [2.05, 4.69) is 6.92 Å². The van der Waals surface area contributed by atoms with Crippen LogP contribution in [0.2, 0.25) is 5.02 Å². The number of nitrogens with two attached hydrogens (primary N) is 1. The fourth-order valence-electron chi connectivity index (χ4n) is 1.76. The molecule has 20 heavy (non-hydrogen) atoms. The Bertz CT molecular complexity index is 572. The van der Waals surface area contributed by atoms with Crippen LogP contribution in [-0.4, -0.2) is 6.61 Å². The van der Waals surface area contributed by atoms with Gasteiger partial charge in [0.1, 0.15) is 18.1 Å². The normalized spacial score (nSPS) is 10.3. The quantitative estimate of drug-likeness (QED) is 0.808. The number of halogens is 1. The van der Waals surface area contributed by atoms with Gasteiger partial charge in [0.25, 0.3) is 0 Å². The van der Waals surface area contributed by atoms with Gasteiger partial charge in [0.05, 0.1) is 6.61 Å². The van der Waals surface area contributed by atoms with Crippen LogP contribution in [0.25, 0.3) is 0 Å². The molecule has 0 fully saturated rings. The average molecular weight is 292 g/mol. The first-order chi connectivity index (χ1) is 9.69. The minimum absolute atomic E-state index is 0.399. The van der Waals surface area contributed by atoms with E-state index in [4.69, 9.17) is 26.8 Å². The lowest BCUT2D eigenvalue weighted by molar-refractivity contribution is 0.295. The highest BCUT2D eigenvalue weighted by molar-refractivity contribution is 6.31. The van der Waals surface area contributed by atoms with E-state index in [9.17, 15) is 0 Å². The van der Waals surface area contributed by atoms with Gasteiger partial charge in [0, 0.05) is 34.5 Å². The van der Waals surface area contributed by atoms with Crippen LogP contribution in [0.3, 0.4) is 0 Å². The molecule has 106 valence electrons. The number of nitrogen functional groups attached to an aromatic ring is 1. The first kappa shape index (κ1) is 14.5. The highest BCUT2D eigenvalue weighted by atomic mass is 35.5. The maximum absolute atomic E-state index is 6.09. The molecule has 2 aromatic carbocycles. The fourth-order valence-corrected chi connectivity index (χ4v) is 1.95. The van der Waals surface area contributed by atoms with E-state index >= 15 is 0 Å². The Balaban J connectivity index is 2.05. The topological polar surface area (TPSA) is 44.5 Å².